The van der Waals surface area contributed by atoms with Crippen molar-refractivity contribution in [2.75, 3.05) is 0 Å². The minimum atomic E-state index is -0.960. The Morgan fingerprint density at radius 2 is 1.90 bits per heavy atom. The van der Waals surface area contributed by atoms with Crippen molar-refractivity contribution in [1.82, 2.24) is 5.32 Å². The number of carboxylic acids is 1. The summed E-state index contributed by atoms with van der Waals surface area (Å²) in [5.41, 5.74) is 2.42. The summed E-state index contributed by atoms with van der Waals surface area (Å²) in [7, 11) is 0. The highest BCUT2D eigenvalue weighted by molar-refractivity contribution is 5.83. The average Bonchev–Trinajstić information content (AvgIpc) is 2.40. The number of aliphatic carboxylic acids is 1. The number of benzene rings is 1. The molecule has 1 rings (SSSR count). The molecule has 0 aliphatic heterocycles. The van der Waals surface area contributed by atoms with E-state index in [4.69, 9.17) is 5.11 Å². The number of carbonyl (C=O) groups excluding carboxylic acids is 1. The monoisotopic (exact) mass is 277 g/mol. The van der Waals surface area contributed by atoms with Crippen molar-refractivity contribution in [1.29, 1.82) is 0 Å². The van der Waals surface area contributed by atoms with Crippen molar-refractivity contribution >= 4 is 11.9 Å². The van der Waals surface area contributed by atoms with Gasteiger partial charge in [-0.15, -0.1) is 0 Å². The Hall–Kier alpha value is -1.84. The standard InChI is InChI=1S/C16H23NO3/c1-3-5-14(16(19)20)17-15(18)7-4-6-13-10-8-12(2)9-11-13/h8-11,14H,3-7H2,1-2H3,(H,17,18)(H,19,20). The highest BCUT2D eigenvalue weighted by Crippen LogP contribution is 2.07. The van der Waals surface area contributed by atoms with E-state index in [0.29, 0.717) is 12.8 Å². The van der Waals surface area contributed by atoms with Gasteiger partial charge in [0.2, 0.25) is 5.91 Å². The van der Waals surface area contributed by atoms with Gasteiger partial charge >= 0.3 is 5.97 Å². The third-order valence-corrected chi connectivity index (χ3v) is 3.20. The van der Waals surface area contributed by atoms with Crippen LogP contribution in [0.25, 0.3) is 0 Å². The molecule has 0 spiro atoms. The van der Waals surface area contributed by atoms with Crippen molar-refractivity contribution in [3.05, 3.63) is 35.4 Å². The van der Waals surface area contributed by atoms with Gasteiger partial charge in [-0.05, 0) is 31.7 Å². The molecular formula is C16H23NO3. The number of hydrogen-bond donors (Lipinski definition) is 2. The van der Waals surface area contributed by atoms with Crippen LogP contribution in [0.4, 0.5) is 0 Å². The summed E-state index contributed by atoms with van der Waals surface area (Å²) in [6.45, 7) is 3.94. The molecule has 0 radical (unpaired) electrons. The Bertz CT molecular complexity index is 440. The molecule has 20 heavy (non-hydrogen) atoms. The Balaban J connectivity index is 2.32. The maximum atomic E-state index is 11.7. The van der Waals surface area contributed by atoms with Crippen LogP contribution in [-0.2, 0) is 16.0 Å². The zero-order chi connectivity index (χ0) is 15.0. The second-order valence-electron chi connectivity index (χ2n) is 5.09. The number of aryl methyl sites for hydroxylation is 2. The van der Waals surface area contributed by atoms with Gasteiger partial charge in [0.1, 0.15) is 6.04 Å². The van der Waals surface area contributed by atoms with Crippen molar-refractivity contribution in [3.8, 4) is 0 Å². The minimum Gasteiger partial charge on any atom is -0.480 e. The van der Waals surface area contributed by atoms with E-state index in [-0.39, 0.29) is 5.91 Å². The van der Waals surface area contributed by atoms with Crippen molar-refractivity contribution in [3.63, 3.8) is 0 Å². The predicted octanol–water partition coefficient (Wildman–Crippen LogP) is 2.69. The third-order valence-electron chi connectivity index (χ3n) is 3.20. The first-order valence-corrected chi connectivity index (χ1v) is 7.10. The van der Waals surface area contributed by atoms with Crippen LogP contribution in [0.5, 0.6) is 0 Å². The lowest BCUT2D eigenvalue weighted by Crippen LogP contribution is -2.40. The van der Waals surface area contributed by atoms with Gasteiger partial charge in [0.15, 0.2) is 0 Å². The van der Waals surface area contributed by atoms with Crippen LogP contribution >= 0.6 is 0 Å². The summed E-state index contributed by atoms with van der Waals surface area (Å²) in [5, 5.41) is 11.5. The summed E-state index contributed by atoms with van der Waals surface area (Å²) >= 11 is 0. The zero-order valence-corrected chi connectivity index (χ0v) is 12.2. The van der Waals surface area contributed by atoms with Gasteiger partial charge in [0.05, 0.1) is 0 Å². The van der Waals surface area contributed by atoms with Gasteiger partial charge in [-0.3, -0.25) is 4.79 Å². The van der Waals surface area contributed by atoms with Gasteiger partial charge < -0.3 is 10.4 Å². The first-order valence-electron chi connectivity index (χ1n) is 7.10. The molecule has 0 aliphatic carbocycles. The maximum absolute atomic E-state index is 11.7. The van der Waals surface area contributed by atoms with Crippen LogP contribution in [0.15, 0.2) is 24.3 Å². The normalized spacial score (nSPS) is 11.9. The van der Waals surface area contributed by atoms with Crippen molar-refractivity contribution in [2.24, 2.45) is 0 Å². The molecule has 0 bridgehead atoms. The number of rotatable bonds is 8. The molecule has 4 nitrogen and oxygen atoms in total. The number of amides is 1. The SMILES string of the molecule is CCCC(NC(=O)CCCc1ccc(C)cc1)C(=O)O. The summed E-state index contributed by atoms with van der Waals surface area (Å²) in [5.74, 6) is -1.14. The molecule has 1 unspecified atom stereocenters. The van der Waals surface area contributed by atoms with E-state index < -0.39 is 12.0 Å². The second-order valence-corrected chi connectivity index (χ2v) is 5.09. The first-order chi connectivity index (χ1) is 9.52. The fourth-order valence-corrected chi connectivity index (χ4v) is 2.02. The minimum absolute atomic E-state index is 0.182. The predicted molar refractivity (Wildman–Crippen MR) is 78.6 cm³/mol. The average molecular weight is 277 g/mol. The maximum Gasteiger partial charge on any atom is 0.326 e. The van der Waals surface area contributed by atoms with E-state index in [9.17, 15) is 9.59 Å². The molecule has 0 aliphatic rings. The Morgan fingerprint density at radius 1 is 1.25 bits per heavy atom. The topological polar surface area (TPSA) is 66.4 Å². The molecule has 0 saturated carbocycles. The quantitative estimate of drug-likeness (QED) is 0.767. The molecule has 0 fully saturated rings. The molecular weight excluding hydrogens is 254 g/mol. The number of carbonyl (C=O) groups is 2. The zero-order valence-electron chi connectivity index (χ0n) is 12.2. The van der Waals surface area contributed by atoms with Gasteiger partial charge in [-0.25, -0.2) is 4.79 Å². The molecule has 1 atom stereocenters. The number of nitrogens with one attached hydrogen (secondary N) is 1. The lowest BCUT2D eigenvalue weighted by molar-refractivity contribution is -0.142. The van der Waals surface area contributed by atoms with Crippen LogP contribution in [0.1, 0.15) is 43.7 Å². The lowest BCUT2D eigenvalue weighted by atomic mass is 10.1. The van der Waals surface area contributed by atoms with E-state index in [1.165, 1.54) is 11.1 Å². The smallest absolute Gasteiger partial charge is 0.326 e. The molecule has 1 aromatic rings. The van der Waals surface area contributed by atoms with Gasteiger partial charge in [-0.2, -0.15) is 0 Å². The summed E-state index contributed by atoms with van der Waals surface area (Å²) in [4.78, 5) is 22.6. The molecule has 2 N–H and O–H groups in total. The Labute approximate surface area is 120 Å². The summed E-state index contributed by atoms with van der Waals surface area (Å²) < 4.78 is 0. The molecule has 0 saturated heterocycles. The van der Waals surface area contributed by atoms with Crippen LogP contribution < -0.4 is 5.32 Å². The highest BCUT2D eigenvalue weighted by Gasteiger charge is 2.18. The molecule has 1 amide bonds. The van der Waals surface area contributed by atoms with Crippen LogP contribution in [-0.4, -0.2) is 23.0 Å². The van der Waals surface area contributed by atoms with Gasteiger partial charge in [-0.1, -0.05) is 43.2 Å². The fourth-order valence-electron chi connectivity index (χ4n) is 2.02. The first kappa shape index (κ1) is 16.2. The molecule has 0 heterocycles. The number of hydrogen-bond acceptors (Lipinski definition) is 2. The lowest BCUT2D eigenvalue weighted by Gasteiger charge is -2.13. The highest BCUT2D eigenvalue weighted by atomic mass is 16.4. The summed E-state index contributed by atoms with van der Waals surface area (Å²) in [6, 6.07) is 7.47. The Kier molecular flexibility index (Phi) is 6.77. The third kappa shape index (κ3) is 5.87. The largest absolute Gasteiger partial charge is 0.480 e. The van der Waals surface area contributed by atoms with E-state index in [1.807, 2.05) is 13.8 Å². The van der Waals surface area contributed by atoms with Crippen molar-refractivity contribution in [2.45, 2.75) is 52.0 Å². The van der Waals surface area contributed by atoms with E-state index >= 15 is 0 Å². The van der Waals surface area contributed by atoms with E-state index in [1.54, 1.807) is 0 Å². The molecule has 1 aromatic carbocycles. The molecule has 4 heteroatoms. The molecule has 0 aromatic heterocycles. The second kappa shape index (κ2) is 8.35. The Morgan fingerprint density at radius 3 is 2.45 bits per heavy atom. The van der Waals surface area contributed by atoms with Crippen LogP contribution in [0, 0.1) is 6.92 Å². The van der Waals surface area contributed by atoms with Crippen LogP contribution in [0.3, 0.4) is 0 Å². The van der Waals surface area contributed by atoms with Crippen molar-refractivity contribution < 1.29 is 14.7 Å². The van der Waals surface area contributed by atoms with Crippen LogP contribution in [0.2, 0.25) is 0 Å². The van der Waals surface area contributed by atoms with Gasteiger partial charge in [0.25, 0.3) is 0 Å². The molecule has 110 valence electrons. The summed E-state index contributed by atoms with van der Waals surface area (Å²) in [6.07, 6.45) is 3.13. The fraction of sp³-hybridized carbons (Fsp3) is 0.500. The van der Waals surface area contributed by atoms with Gasteiger partial charge in [0, 0.05) is 6.42 Å². The van der Waals surface area contributed by atoms with E-state index in [2.05, 4.69) is 29.6 Å². The number of carboxylic acid groups (broad SMARTS) is 1. The van der Waals surface area contributed by atoms with E-state index in [0.717, 1.165) is 19.3 Å².